The summed E-state index contributed by atoms with van der Waals surface area (Å²) in [5.41, 5.74) is 0.905. The van der Waals surface area contributed by atoms with Gasteiger partial charge in [-0.05, 0) is 51.9 Å². The molecule has 0 atom stereocenters. The maximum absolute atomic E-state index is 12.3. The standard InChI is InChI=1S/C19H26N4O2/c1-14(2)23-12-9-15(10-13-23)18(24)20-11-8-17-21-19(25-22-17)16-6-4-3-5-7-16/h3-7,14-15H,8-13H2,1-2H3,(H,20,24). The van der Waals surface area contributed by atoms with Crippen LogP contribution in [0.25, 0.3) is 11.5 Å². The summed E-state index contributed by atoms with van der Waals surface area (Å²) < 4.78 is 5.28. The van der Waals surface area contributed by atoms with Crippen LogP contribution in [0.15, 0.2) is 34.9 Å². The molecule has 0 spiro atoms. The molecule has 1 saturated heterocycles. The summed E-state index contributed by atoms with van der Waals surface area (Å²) in [4.78, 5) is 19.1. The third kappa shape index (κ3) is 4.66. The molecule has 25 heavy (non-hydrogen) atoms. The Kier molecular flexibility index (Phi) is 5.81. The fourth-order valence-corrected chi connectivity index (χ4v) is 3.17. The van der Waals surface area contributed by atoms with Crippen LogP contribution >= 0.6 is 0 Å². The molecule has 2 aromatic rings. The molecule has 1 fully saturated rings. The fourth-order valence-electron chi connectivity index (χ4n) is 3.17. The number of likely N-dealkylation sites (tertiary alicyclic amines) is 1. The lowest BCUT2D eigenvalue weighted by molar-refractivity contribution is -0.126. The van der Waals surface area contributed by atoms with Crippen molar-refractivity contribution in [3.63, 3.8) is 0 Å². The minimum absolute atomic E-state index is 0.125. The normalized spacial score (nSPS) is 16.3. The molecule has 1 N–H and O–H groups in total. The van der Waals surface area contributed by atoms with Gasteiger partial charge in [-0.2, -0.15) is 4.98 Å². The Morgan fingerprint density at radius 1 is 1.28 bits per heavy atom. The second-order valence-corrected chi connectivity index (χ2v) is 6.83. The minimum Gasteiger partial charge on any atom is -0.355 e. The summed E-state index contributed by atoms with van der Waals surface area (Å²) in [6.07, 6.45) is 2.45. The quantitative estimate of drug-likeness (QED) is 0.873. The molecular formula is C19H26N4O2. The van der Waals surface area contributed by atoms with Crippen LogP contribution in [0.3, 0.4) is 0 Å². The molecule has 0 saturated carbocycles. The highest BCUT2D eigenvalue weighted by Gasteiger charge is 2.25. The molecule has 1 amide bonds. The molecule has 1 aromatic carbocycles. The van der Waals surface area contributed by atoms with Gasteiger partial charge in [-0.1, -0.05) is 23.4 Å². The number of nitrogens with zero attached hydrogens (tertiary/aromatic N) is 3. The second kappa shape index (κ2) is 8.25. The van der Waals surface area contributed by atoms with Crippen LogP contribution in [0.2, 0.25) is 0 Å². The van der Waals surface area contributed by atoms with E-state index >= 15 is 0 Å². The zero-order chi connectivity index (χ0) is 17.6. The van der Waals surface area contributed by atoms with E-state index in [1.54, 1.807) is 0 Å². The summed E-state index contributed by atoms with van der Waals surface area (Å²) >= 11 is 0. The fraction of sp³-hybridized carbons (Fsp3) is 0.526. The highest BCUT2D eigenvalue weighted by molar-refractivity contribution is 5.78. The summed E-state index contributed by atoms with van der Waals surface area (Å²) in [5, 5.41) is 7.00. The van der Waals surface area contributed by atoms with Crippen LogP contribution in [-0.2, 0) is 11.2 Å². The topological polar surface area (TPSA) is 71.3 Å². The smallest absolute Gasteiger partial charge is 0.257 e. The molecule has 0 unspecified atom stereocenters. The molecular weight excluding hydrogens is 316 g/mol. The number of rotatable bonds is 6. The van der Waals surface area contributed by atoms with Crippen LogP contribution in [0.4, 0.5) is 0 Å². The number of nitrogens with one attached hydrogen (secondary N) is 1. The molecule has 3 rings (SSSR count). The van der Waals surface area contributed by atoms with Crippen LogP contribution < -0.4 is 5.32 Å². The van der Waals surface area contributed by atoms with Gasteiger partial charge in [-0.3, -0.25) is 4.79 Å². The lowest BCUT2D eigenvalue weighted by Crippen LogP contribution is -2.43. The van der Waals surface area contributed by atoms with Crippen LogP contribution in [-0.4, -0.2) is 46.6 Å². The van der Waals surface area contributed by atoms with E-state index in [2.05, 4.69) is 34.2 Å². The van der Waals surface area contributed by atoms with Crippen molar-refractivity contribution in [2.24, 2.45) is 5.92 Å². The van der Waals surface area contributed by atoms with Crippen molar-refractivity contribution in [2.75, 3.05) is 19.6 Å². The predicted octanol–water partition coefficient (Wildman–Crippen LogP) is 2.52. The molecule has 6 nitrogen and oxygen atoms in total. The third-order valence-corrected chi connectivity index (χ3v) is 4.77. The van der Waals surface area contributed by atoms with Gasteiger partial charge in [0.15, 0.2) is 5.82 Å². The van der Waals surface area contributed by atoms with Gasteiger partial charge < -0.3 is 14.7 Å². The largest absolute Gasteiger partial charge is 0.355 e. The highest BCUT2D eigenvalue weighted by Crippen LogP contribution is 2.19. The molecule has 134 valence electrons. The lowest BCUT2D eigenvalue weighted by atomic mass is 9.95. The first kappa shape index (κ1) is 17.6. The van der Waals surface area contributed by atoms with Crippen molar-refractivity contribution >= 4 is 5.91 Å². The monoisotopic (exact) mass is 342 g/mol. The molecule has 0 aliphatic carbocycles. The first-order valence-corrected chi connectivity index (χ1v) is 9.03. The van der Waals surface area contributed by atoms with Crippen molar-refractivity contribution in [1.82, 2.24) is 20.4 Å². The SMILES string of the molecule is CC(C)N1CCC(C(=O)NCCc2noc(-c3ccccc3)n2)CC1. The van der Waals surface area contributed by atoms with E-state index in [0.717, 1.165) is 31.5 Å². The van der Waals surface area contributed by atoms with Crippen molar-refractivity contribution in [3.05, 3.63) is 36.2 Å². The Balaban J connectivity index is 1.43. The van der Waals surface area contributed by atoms with Gasteiger partial charge in [0.1, 0.15) is 0 Å². The Morgan fingerprint density at radius 2 is 2.00 bits per heavy atom. The Labute approximate surface area is 148 Å². The van der Waals surface area contributed by atoms with Gasteiger partial charge >= 0.3 is 0 Å². The maximum Gasteiger partial charge on any atom is 0.257 e. The number of benzene rings is 1. The number of piperidine rings is 1. The zero-order valence-electron chi connectivity index (χ0n) is 14.9. The van der Waals surface area contributed by atoms with Gasteiger partial charge in [0.05, 0.1) is 0 Å². The van der Waals surface area contributed by atoms with Crippen LogP contribution in [0.5, 0.6) is 0 Å². The summed E-state index contributed by atoms with van der Waals surface area (Å²) in [6.45, 7) is 6.95. The molecule has 0 bridgehead atoms. The molecule has 2 heterocycles. The van der Waals surface area contributed by atoms with Gasteiger partial charge in [0, 0.05) is 30.5 Å². The average molecular weight is 342 g/mol. The predicted molar refractivity (Wildman–Crippen MR) is 95.9 cm³/mol. The molecule has 1 aliphatic rings. The first-order chi connectivity index (χ1) is 12.1. The van der Waals surface area contributed by atoms with E-state index in [0.29, 0.717) is 30.7 Å². The average Bonchev–Trinajstić information content (AvgIpc) is 3.11. The molecule has 1 aliphatic heterocycles. The van der Waals surface area contributed by atoms with Gasteiger partial charge in [0.25, 0.3) is 5.89 Å². The van der Waals surface area contributed by atoms with Crippen LogP contribution in [0.1, 0.15) is 32.5 Å². The van der Waals surface area contributed by atoms with Crippen molar-refractivity contribution < 1.29 is 9.32 Å². The first-order valence-electron chi connectivity index (χ1n) is 9.03. The maximum atomic E-state index is 12.3. The number of hydrogen-bond acceptors (Lipinski definition) is 5. The molecule has 0 radical (unpaired) electrons. The third-order valence-electron chi connectivity index (χ3n) is 4.77. The van der Waals surface area contributed by atoms with E-state index < -0.39 is 0 Å². The van der Waals surface area contributed by atoms with Crippen molar-refractivity contribution in [1.29, 1.82) is 0 Å². The number of carbonyl (C=O) groups is 1. The van der Waals surface area contributed by atoms with Gasteiger partial charge in [-0.15, -0.1) is 0 Å². The van der Waals surface area contributed by atoms with E-state index in [-0.39, 0.29) is 11.8 Å². The summed E-state index contributed by atoms with van der Waals surface area (Å²) in [7, 11) is 0. The highest BCUT2D eigenvalue weighted by atomic mass is 16.5. The van der Waals surface area contributed by atoms with Crippen LogP contribution in [0, 0.1) is 5.92 Å². The lowest BCUT2D eigenvalue weighted by Gasteiger charge is -2.33. The molecule has 6 heteroatoms. The summed E-state index contributed by atoms with van der Waals surface area (Å²) in [6, 6.07) is 10.2. The number of aromatic nitrogens is 2. The van der Waals surface area contributed by atoms with Gasteiger partial charge in [0.2, 0.25) is 5.91 Å². The number of carbonyl (C=O) groups excluding carboxylic acids is 1. The second-order valence-electron chi connectivity index (χ2n) is 6.83. The van der Waals surface area contributed by atoms with Gasteiger partial charge in [-0.25, -0.2) is 0 Å². The molecule has 1 aromatic heterocycles. The number of amides is 1. The number of hydrogen-bond donors (Lipinski definition) is 1. The van der Waals surface area contributed by atoms with E-state index in [9.17, 15) is 4.79 Å². The van der Waals surface area contributed by atoms with Crippen molar-refractivity contribution in [3.8, 4) is 11.5 Å². The Bertz CT molecular complexity index is 676. The summed E-state index contributed by atoms with van der Waals surface area (Å²) in [5.74, 6) is 1.41. The van der Waals surface area contributed by atoms with E-state index in [1.807, 2.05) is 30.3 Å². The van der Waals surface area contributed by atoms with E-state index in [4.69, 9.17) is 4.52 Å². The Morgan fingerprint density at radius 3 is 2.68 bits per heavy atom. The van der Waals surface area contributed by atoms with E-state index in [1.165, 1.54) is 0 Å². The Hall–Kier alpha value is -2.21. The van der Waals surface area contributed by atoms with Crippen molar-refractivity contribution in [2.45, 2.75) is 39.2 Å². The zero-order valence-corrected chi connectivity index (χ0v) is 14.9. The minimum atomic E-state index is 0.125.